The van der Waals surface area contributed by atoms with Gasteiger partial charge in [-0.25, -0.2) is 0 Å². The van der Waals surface area contributed by atoms with Gasteiger partial charge in [0, 0.05) is 0 Å². The van der Waals surface area contributed by atoms with Gasteiger partial charge in [-0.05, 0) is 30.7 Å². The molecular formula is C7H7O3S. The van der Waals surface area contributed by atoms with E-state index in [9.17, 15) is 8.42 Å². The Morgan fingerprint density at radius 2 is 2.18 bits per heavy atom. The molecule has 11 heavy (non-hydrogen) atoms. The minimum Gasteiger partial charge on any atom is -0.282 e. The van der Waals surface area contributed by atoms with E-state index in [-0.39, 0.29) is 4.90 Å². The van der Waals surface area contributed by atoms with Crippen LogP contribution in [0.3, 0.4) is 0 Å². The molecule has 0 spiro atoms. The fraction of sp³-hybridized carbons (Fsp3) is 0.143. The molecule has 3 nitrogen and oxygen atoms in total. The zero-order valence-corrected chi connectivity index (χ0v) is 6.72. The predicted molar refractivity (Wildman–Crippen MR) is 39.8 cm³/mol. The minimum atomic E-state index is -4.05. The maximum absolute atomic E-state index is 10.5. The molecule has 0 unspecified atom stereocenters. The van der Waals surface area contributed by atoms with Crippen molar-refractivity contribution in [3.8, 4) is 0 Å². The molecule has 1 radical (unpaired) electrons. The van der Waals surface area contributed by atoms with Crippen LogP contribution >= 0.6 is 0 Å². The number of hydrogen-bond acceptors (Lipinski definition) is 2. The van der Waals surface area contributed by atoms with E-state index in [1.54, 1.807) is 6.92 Å². The van der Waals surface area contributed by atoms with Crippen LogP contribution in [0.5, 0.6) is 0 Å². The van der Waals surface area contributed by atoms with Gasteiger partial charge in [0.1, 0.15) is 0 Å². The number of benzene rings is 1. The normalized spacial score (nSPS) is 11.5. The van der Waals surface area contributed by atoms with Crippen LogP contribution in [-0.4, -0.2) is 13.0 Å². The summed E-state index contributed by atoms with van der Waals surface area (Å²) in [6, 6.07) is 6.88. The molecule has 1 N–H and O–H groups in total. The van der Waals surface area contributed by atoms with Crippen molar-refractivity contribution in [2.24, 2.45) is 0 Å². The zero-order valence-electron chi connectivity index (χ0n) is 5.90. The molecule has 0 heterocycles. The largest absolute Gasteiger partial charge is 0.294 e. The van der Waals surface area contributed by atoms with Crippen LogP contribution in [-0.2, 0) is 10.1 Å². The maximum atomic E-state index is 10.5. The van der Waals surface area contributed by atoms with Crippen molar-refractivity contribution in [3.63, 3.8) is 0 Å². The molecule has 1 aromatic rings. The molecule has 0 atom stereocenters. The van der Waals surface area contributed by atoms with Gasteiger partial charge >= 0.3 is 0 Å². The molecule has 0 aliphatic rings. The van der Waals surface area contributed by atoms with Crippen LogP contribution in [0, 0.1) is 13.0 Å². The zero-order chi connectivity index (χ0) is 8.48. The average molecular weight is 171 g/mol. The third kappa shape index (κ3) is 2.03. The number of rotatable bonds is 1. The molecule has 0 saturated carbocycles. The van der Waals surface area contributed by atoms with Crippen LogP contribution < -0.4 is 0 Å². The molecule has 1 rings (SSSR count). The van der Waals surface area contributed by atoms with E-state index in [1.807, 2.05) is 0 Å². The predicted octanol–water partition coefficient (Wildman–Crippen LogP) is 1.04. The molecule has 0 aromatic heterocycles. The first-order valence-corrected chi connectivity index (χ1v) is 4.40. The Morgan fingerprint density at radius 1 is 1.55 bits per heavy atom. The molecule has 0 bridgehead atoms. The monoisotopic (exact) mass is 171 g/mol. The average Bonchev–Trinajstić information content (AvgIpc) is 1.86. The molecule has 0 amide bonds. The van der Waals surface area contributed by atoms with Gasteiger partial charge in [0.2, 0.25) is 0 Å². The van der Waals surface area contributed by atoms with Gasteiger partial charge < -0.3 is 0 Å². The molecule has 0 aliphatic carbocycles. The Labute approximate surface area is 65.4 Å². The third-order valence-electron chi connectivity index (χ3n) is 1.22. The number of aryl methyl sites for hydroxylation is 1. The van der Waals surface area contributed by atoms with Crippen LogP contribution in [0.4, 0.5) is 0 Å². The SMILES string of the molecule is Cc1[c]ccc(S(=O)(=O)O)c1. The summed E-state index contributed by atoms with van der Waals surface area (Å²) in [5, 5.41) is 0. The van der Waals surface area contributed by atoms with Crippen LogP contribution in [0.1, 0.15) is 5.56 Å². The summed E-state index contributed by atoms with van der Waals surface area (Å²) in [6.07, 6.45) is 0. The summed E-state index contributed by atoms with van der Waals surface area (Å²) in [4.78, 5) is -0.0891. The van der Waals surface area contributed by atoms with E-state index in [4.69, 9.17) is 4.55 Å². The Kier molecular flexibility index (Phi) is 1.97. The van der Waals surface area contributed by atoms with Crippen molar-refractivity contribution in [2.45, 2.75) is 11.8 Å². The standard InChI is InChI=1S/C7H7O3S/c1-6-3-2-4-7(5-6)11(8,9)10/h2,4-5H,1H3,(H,8,9,10). The highest BCUT2D eigenvalue weighted by Crippen LogP contribution is 2.08. The number of hydrogen-bond donors (Lipinski definition) is 1. The summed E-state index contributed by atoms with van der Waals surface area (Å²) in [6.45, 7) is 1.70. The van der Waals surface area contributed by atoms with Crippen LogP contribution in [0.2, 0.25) is 0 Å². The van der Waals surface area contributed by atoms with Crippen molar-refractivity contribution in [1.82, 2.24) is 0 Å². The molecule has 59 valence electrons. The lowest BCUT2D eigenvalue weighted by atomic mass is 10.2. The van der Waals surface area contributed by atoms with Crippen molar-refractivity contribution >= 4 is 10.1 Å². The minimum absolute atomic E-state index is 0.0891. The van der Waals surface area contributed by atoms with Gasteiger partial charge in [0.05, 0.1) is 4.90 Å². The van der Waals surface area contributed by atoms with Gasteiger partial charge in [0.15, 0.2) is 0 Å². The van der Waals surface area contributed by atoms with E-state index >= 15 is 0 Å². The van der Waals surface area contributed by atoms with Gasteiger partial charge in [0.25, 0.3) is 10.1 Å². The van der Waals surface area contributed by atoms with E-state index in [0.717, 1.165) is 0 Å². The first-order chi connectivity index (χ1) is 5.00. The van der Waals surface area contributed by atoms with E-state index in [1.165, 1.54) is 18.2 Å². The first kappa shape index (κ1) is 8.23. The summed E-state index contributed by atoms with van der Waals surface area (Å²) in [5.41, 5.74) is 0.681. The summed E-state index contributed by atoms with van der Waals surface area (Å²) in [5.74, 6) is 0. The highest BCUT2D eigenvalue weighted by atomic mass is 32.2. The Balaban J connectivity index is 3.28. The molecular weight excluding hydrogens is 164 g/mol. The van der Waals surface area contributed by atoms with Crippen LogP contribution in [0.15, 0.2) is 23.1 Å². The maximum Gasteiger partial charge on any atom is 0.294 e. The fourth-order valence-corrected chi connectivity index (χ4v) is 1.28. The second-order valence-corrected chi connectivity index (χ2v) is 3.60. The van der Waals surface area contributed by atoms with E-state index in [0.29, 0.717) is 5.56 Å². The third-order valence-corrected chi connectivity index (χ3v) is 2.06. The van der Waals surface area contributed by atoms with Gasteiger partial charge in [-0.1, -0.05) is 6.07 Å². The Bertz CT molecular complexity index is 354. The quantitative estimate of drug-likeness (QED) is 0.642. The van der Waals surface area contributed by atoms with Gasteiger partial charge in [-0.15, -0.1) is 0 Å². The first-order valence-electron chi connectivity index (χ1n) is 2.96. The highest BCUT2D eigenvalue weighted by Gasteiger charge is 2.07. The van der Waals surface area contributed by atoms with Crippen molar-refractivity contribution < 1.29 is 13.0 Å². The summed E-state index contributed by atoms with van der Waals surface area (Å²) < 4.78 is 29.6. The summed E-state index contributed by atoms with van der Waals surface area (Å²) >= 11 is 0. The second-order valence-electron chi connectivity index (χ2n) is 2.18. The Morgan fingerprint density at radius 3 is 2.55 bits per heavy atom. The molecule has 0 saturated heterocycles. The Hall–Kier alpha value is -0.870. The lowest BCUT2D eigenvalue weighted by Crippen LogP contribution is -1.97. The van der Waals surface area contributed by atoms with Crippen molar-refractivity contribution in [3.05, 3.63) is 29.8 Å². The topological polar surface area (TPSA) is 54.4 Å². The molecule has 1 aromatic carbocycles. The second kappa shape index (κ2) is 2.64. The lowest BCUT2D eigenvalue weighted by Gasteiger charge is -1.95. The molecule has 0 aliphatic heterocycles. The van der Waals surface area contributed by atoms with Crippen molar-refractivity contribution in [1.29, 1.82) is 0 Å². The smallest absolute Gasteiger partial charge is 0.282 e. The van der Waals surface area contributed by atoms with Gasteiger partial charge in [-0.2, -0.15) is 8.42 Å². The highest BCUT2D eigenvalue weighted by molar-refractivity contribution is 7.85. The molecule has 4 heteroatoms. The van der Waals surface area contributed by atoms with E-state index in [2.05, 4.69) is 6.07 Å². The van der Waals surface area contributed by atoms with Crippen LogP contribution in [0.25, 0.3) is 0 Å². The van der Waals surface area contributed by atoms with E-state index < -0.39 is 10.1 Å². The lowest BCUT2D eigenvalue weighted by molar-refractivity contribution is 0.483. The summed E-state index contributed by atoms with van der Waals surface area (Å²) in [7, 11) is -4.05. The van der Waals surface area contributed by atoms with Crippen molar-refractivity contribution in [2.75, 3.05) is 0 Å². The fourth-order valence-electron chi connectivity index (χ4n) is 0.719. The molecule has 0 fully saturated rings. The van der Waals surface area contributed by atoms with Gasteiger partial charge in [-0.3, -0.25) is 4.55 Å².